The van der Waals surface area contributed by atoms with Crippen LogP contribution in [0.1, 0.15) is 22.5 Å². The van der Waals surface area contributed by atoms with E-state index >= 15 is 0 Å². The molecule has 0 aliphatic heterocycles. The standard InChI is InChI=1S/C15H14FN5O/c16-12-4-1-3-11(9-12)15(22)21-6-2-5-19-14-13(10-17)18-7-8-20-14/h1,3-4,7-9H,2,5-6H2,(H,19,20)(H,21,22). The van der Waals surface area contributed by atoms with E-state index in [2.05, 4.69) is 20.6 Å². The number of rotatable bonds is 6. The highest BCUT2D eigenvalue weighted by atomic mass is 19.1. The Balaban J connectivity index is 1.74. The smallest absolute Gasteiger partial charge is 0.251 e. The van der Waals surface area contributed by atoms with E-state index in [9.17, 15) is 9.18 Å². The van der Waals surface area contributed by atoms with Crippen LogP contribution < -0.4 is 10.6 Å². The van der Waals surface area contributed by atoms with Crippen LogP contribution in [0, 0.1) is 17.1 Å². The van der Waals surface area contributed by atoms with E-state index < -0.39 is 5.82 Å². The molecule has 2 rings (SSSR count). The van der Waals surface area contributed by atoms with Crippen LogP contribution in [-0.2, 0) is 0 Å². The molecule has 0 aliphatic rings. The number of halogens is 1. The summed E-state index contributed by atoms with van der Waals surface area (Å²) in [6.07, 6.45) is 3.57. The number of amides is 1. The first-order chi connectivity index (χ1) is 10.7. The Morgan fingerprint density at radius 2 is 2.09 bits per heavy atom. The van der Waals surface area contributed by atoms with Crippen molar-refractivity contribution in [3.63, 3.8) is 0 Å². The third kappa shape index (κ3) is 4.24. The second-order valence-corrected chi connectivity index (χ2v) is 4.41. The lowest BCUT2D eigenvalue weighted by molar-refractivity contribution is 0.0953. The van der Waals surface area contributed by atoms with Crippen LogP contribution in [0.4, 0.5) is 10.2 Å². The van der Waals surface area contributed by atoms with E-state index in [0.29, 0.717) is 25.3 Å². The summed E-state index contributed by atoms with van der Waals surface area (Å²) in [6.45, 7) is 0.946. The third-order valence-electron chi connectivity index (χ3n) is 2.82. The summed E-state index contributed by atoms with van der Waals surface area (Å²) in [5.41, 5.74) is 0.514. The molecule has 1 aromatic heterocycles. The van der Waals surface area contributed by atoms with Gasteiger partial charge in [0.1, 0.15) is 11.9 Å². The first kappa shape index (κ1) is 15.4. The van der Waals surface area contributed by atoms with E-state index in [-0.39, 0.29) is 17.2 Å². The molecule has 0 unspecified atom stereocenters. The van der Waals surface area contributed by atoms with Crippen LogP contribution in [0.25, 0.3) is 0 Å². The number of carbonyl (C=O) groups excluding carboxylic acids is 1. The number of nitrogens with one attached hydrogen (secondary N) is 2. The molecule has 1 heterocycles. The van der Waals surface area contributed by atoms with Crippen molar-refractivity contribution in [3.8, 4) is 6.07 Å². The SMILES string of the molecule is N#Cc1nccnc1NCCCNC(=O)c1cccc(F)c1. The Labute approximate surface area is 127 Å². The van der Waals surface area contributed by atoms with Gasteiger partial charge in [0.15, 0.2) is 11.5 Å². The normalized spacial score (nSPS) is 9.82. The molecular formula is C15H14FN5O. The molecular weight excluding hydrogens is 285 g/mol. The number of carbonyl (C=O) groups is 1. The Morgan fingerprint density at radius 3 is 2.86 bits per heavy atom. The first-order valence-corrected chi connectivity index (χ1v) is 6.69. The molecule has 0 saturated heterocycles. The highest BCUT2D eigenvalue weighted by Gasteiger charge is 2.06. The molecule has 0 bridgehead atoms. The zero-order valence-electron chi connectivity index (χ0n) is 11.7. The number of benzene rings is 1. The maximum absolute atomic E-state index is 13.0. The monoisotopic (exact) mass is 299 g/mol. The molecule has 7 heteroatoms. The summed E-state index contributed by atoms with van der Waals surface area (Å²) < 4.78 is 13.0. The average molecular weight is 299 g/mol. The predicted octanol–water partition coefficient (Wildman–Crippen LogP) is 1.72. The average Bonchev–Trinajstić information content (AvgIpc) is 2.54. The minimum absolute atomic E-state index is 0.228. The molecule has 0 radical (unpaired) electrons. The van der Waals surface area contributed by atoms with E-state index in [1.165, 1.54) is 30.6 Å². The van der Waals surface area contributed by atoms with Gasteiger partial charge in [-0.25, -0.2) is 14.4 Å². The van der Waals surface area contributed by atoms with Crippen LogP contribution in [-0.4, -0.2) is 29.0 Å². The summed E-state index contributed by atoms with van der Waals surface area (Å²) in [7, 11) is 0. The number of hydrogen-bond donors (Lipinski definition) is 2. The summed E-state index contributed by atoms with van der Waals surface area (Å²) in [6, 6.07) is 7.45. The Kier molecular flexibility index (Phi) is 5.37. The van der Waals surface area contributed by atoms with Crippen LogP contribution in [0.2, 0.25) is 0 Å². The zero-order chi connectivity index (χ0) is 15.8. The first-order valence-electron chi connectivity index (χ1n) is 6.69. The lowest BCUT2D eigenvalue weighted by Crippen LogP contribution is -2.26. The van der Waals surface area contributed by atoms with Gasteiger partial charge in [-0.05, 0) is 24.6 Å². The topological polar surface area (TPSA) is 90.7 Å². The summed E-state index contributed by atoms with van der Waals surface area (Å²) in [5.74, 6) is -0.348. The van der Waals surface area contributed by atoms with Crippen molar-refractivity contribution in [2.45, 2.75) is 6.42 Å². The fourth-order valence-electron chi connectivity index (χ4n) is 1.78. The fourth-order valence-corrected chi connectivity index (χ4v) is 1.78. The molecule has 6 nitrogen and oxygen atoms in total. The van der Waals surface area contributed by atoms with Gasteiger partial charge in [-0.2, -0.15) is 5.26 Å². The van der Waals surface area contributed by atoms with Crippen LogP contribution in [0.3, 0.4) is 0 Å². The lowest BCUT2D eigenvalue weighted by atomic mass is 10.2. The maximum Gasteiger partial charge on any atom is 0.251 e. The van der Waals surface area contributed by atoms with Gasteiger partial charge in [0.25, 0.3) is 5.91 Å². The number of nitriles is 1. The summed E-state index contributed by atoms with van der Waals surface area (Å²) in [4.78, 5) is 19.7. The second-order valence-electron chi connectivity index (χ2n) is 4.41. The van der Waals surface area contributed by atoms with Crippen LogP contribution in [0.5, 0.6) is 0 Å². The van der Waals surface area contributed by atoms with Gasteiger partial charge >= 0.3 is 0 Å². The lowest BCUT2D eigenvalue weighted by Gasteiger charge is -2.07. The van der Waals surface area contributed by atoms with E-state index in [4.69, 9.17) is 5.26 Å². The highest BCUT2D eigenvalue weighted by molar-refractivity contribution is 5.94. The third-order valence-corrected chi connectivity index (χ3v) is 2.82. The van der Waals surface area contributed by atoms with Gasteiger partial charge in [0.2, 0.25) is 0 Å². The van der Waals surface area contributed by atoms with Crippen molar-refractivity contribution in [1.29, 1.82) is 5.26 Å². The van der Waals surface area contributed by atoms with E-state index in [1.54, 1.807) is 6.07 Å². The Bertz CT molecular complexity index is 698. The van der Waals surface area contributed by atoms with Crippen molar-refractivity contribution < 1.29 is 9.18 Å². The number of nitrogens with zero attached hydrogens (tertiary/aromatic N) is 3. The fraction of sp³-hybridized carbons (Fsp3) is 0.200. The second kappa shape index (κ2) is 7.69. The molecule has 2 aromatic rings. The molecule has 0 atom stereocenters. The van der Waals surface area contributed by atoms with E-state index in [1.807, 2.05) is 6.07 Å². The van der Waals surface area contributed by atoms with Crippen molar-refractivity contribution in [3.05, 3.63) is 53.7 Å². The molecule has 112 valence electrons. The number of hydrogen-bond acceptors (Lipinski definition) is 5. The summed E-state index contributed by atoms with van der Waals surface area (Å²) in [5, 5.41) is 14.5. The molecule has 0 fully saturated rings. The van der Waals surface area contributed by atoms with E-state index in [0.717, 1.165) is 0 Å². The van der Waals surface area contributed by atoms with Gasteiger partial charge in [0, 0.05) is 31.0 Å². The van der Waals surface area contributed by atoms with Crippen LogP contribution >= 0.6 is 0 Å². The maximum atomic E-state index is 13.0. The van der Waals surface area contributed by atoms with Crippen LogP contribution in [0.15, 0.2) is 36.7 Å². The number of aromatic nitrogens is 2. The van der Waals surface area contributed by atoms with Crippen molar-refractivity contribution in [2.75, 3.05) is 18.4 Å². The molecule has 0 saturated carbocycles. The molecule has 2 N–H and O–H groups in total. The molecule has 22 heavy (non-hydrogen) atoms. The Morgan fingerprint density at radius 1 is 1.27 bits per heavy atom. The molecule has 0 spiro atoms. The van der Waals surface area contributed by atoms with Gasteiger partial charge < -0.3 is 10.6 Å². The van der Waals surface area contributed by atoms with Crippen molar-refractivity contribution in [2.24, 2.45) is 0 Å². The quantitative estimate of drug-likeness (QED) is 0.793. The van der Waals surface area contributed by atoms with Gasteiger partial charge in [-0.15, -0.1) is 0 Å². The largest absolute Gasteiger partial charge is 0.368 e. The van der Waals surface area contributed by atoms with Crippen molar-refractivity contribution in [1.82, 2.24) is 15.3 Å². The number of anilines is 1. The molecule has 1 amide bonds. The highest BCUT2D eigenvalue weighted by Crippen LogP contribution is 2.06. The van der Waals surface area contributed by atoms with Gasteiger partial charge in [0.05, 0.1) is 0 Å². The van der Waals surface area contributed by atoms with Gasteiger partial charge in [-0.3, -0.25) is 4.79 Å². The summed E-state index contributed by atoms with van der Waals surface area (Å²) >= 11 is 0. The zero-order valence-corrected chi connectivity index (χ0v) is 11.7. The minimum atomic E-state index is -0.444. The predicted molar refractivity (Wildman–Crippen MR) is 78.6 cm³/mol. The van der Waals surface area contributed by atoms with Gasteiger partial charge in [-0.1, -0.05) is 6.07 Å². The minimum Gasteiger partial charge on any atom is -0.368 e. The Hall–Kier alpha value is -3.01. The van der Waals surface area contributed by atoms with Crippen molar-refractivity contribution >= 4 is 11.7 Å². The molecule has 0 aliphatic carbocycles. The molecule has 1 aromatic carbocycles.